The van der Waals surface area contributed by atoms with Crippen molar-refractivity contribution in [3.63, 3.8) is 0 Å². The number of phenolic OH excluding ortho intramolecular Hbond substituents is 1. The smallest absolute Gasteiger partial charge is 0.120 e. The average Bonchev–Trinajstić information content (AvgIpc) is 3.01. The standard InChI is InChI=1S/C20H25NO2/c1-14-10-18(20(22)11-15(14)2)13-21-9-8-17(12-21)16-4-6-19(23-3)7-5-16/h4-7,10-11,17,22H,8-9,12-13H2,1-3H3. The van der Waals surface area contributed by atoms with Gasteiger partial charge in [-0.1, -0.05) is 18.2 Å². The van der Waals surface area contributed by atoms with Gasteiger partial charge in [0.1, 0.15) is 11.5 Å². The van der Waals surface area contributed by atoms with Gasteiger partial charge in [-0.2, -0.15) is 0 Å². The maximum Gasteiger partial charge on any atom is 0.120 e. The molecule has 0 radical (unpaired) electrons. The van der Waals surface area contributed by atoms with Crippen molar-refractivity contribution in [3.8, 4) is 11.5 Å². The van der Waals surface area contributed by atoms with Crippen molar-refractivity contribution in [1.29, 1.82) is 0 Å². The summed E-state index contributed by atoms with van der Waals surface area (Å²) in [6.07, 6.45) is 1.16. The van der Waals surface area contributed by atoms with E-state index in [1.54, 1.807) is 7.11 Å². The van der Waals surface area contributed by atoms with Crippen molar-refractivity contribution in [3.05, 3.63) is 58.7 Å². The van der Waals surface area contributed by atoms with Gasteiger partial charge in [0, 0.05) is 18.7 Å². The number of likely N-dealkylation sites (tertiary alicyclic amines) is 1. The van der Waals surface area contributed by atoms with E-state index in [0.717, 1.165) is 42.9 Å². The number of nitrogens with zero attached hydrogens (tertiary/aromatic N) is 1. The summed E-state index contributed by atoms with van der Waals surface area (Å²) in [7, 11) is 1.70. The zero-order valence-electron chi connectivity index (χ0n) is 14.2. The molecule has 3 rings (SSSR count). The fourth-order valence-electron chi connectivity index (χ4n) is 3.35. The molecule has 1 atom stereocenters. The molecule has 0 aromatic heterocycles. The van der Waals surface area contributed by atoms with E-state index in [2.05, 4.69) is 30.0 Å². The Hall–Kier alpha value is -2.00. The lowest BCUT2D eigenvalue weighted by Crippen LogP contribution is -2.20. The predicted molar refractivity (Wildman–Crippen MR) is 93.2 cm³/mol. The normalized spacial score (nSPS) is 18.3. The van der Waals surface area contributed by atoms with E-state index in [4.69, 9.17) is 4.74 Å². The molecular weight excluding hydrogens is 286 g/mol. The maximum atomic E-state index is 10.2. The van der Waals surface area contributed by atoms with Crippen LogP contribution in [-0.2, 0) is 6.54 Å². The Balaban J connectivity index is 1.66. The Morgan fingerprint density at radius 1 is 1.13 bits per heavy atom. The first-order valence-electron chi connectivity index (χ1n) is 8.22. The molecule has 0 bridgehead atoms. The molecule has 122 valence electrons. The van der Waals surface area contributed by atoms with Crippen molar-refractivity contribution in [2.24, 2.45) is 0 Å². The van der Waals surface area contributed by atoms with Crippen LogP contribution >= 0.6 is 0 Å². The van der Waals surface area contributed by atoms with Crippen molar-refractivity contribution in [2.75, 3.05) is 20.2 Å². The lowest BCUT2D eigenvalue weighted by Gasteiger charge is -2.18. The molecule has 1 unspecified atom stereocenters. The minimum atomic E-state index is 0.418. The minimum absolute atomic E-state index is 0.418. The van der Waals surface area contributed by atoms with E-state index in [-0.39, 0.29) is 0 Å². The molecular formula is C20H25NO2. The summed E-state index contributed by atoms with van der Waals surface area (Å²) in [5.41, 5.74) is 4.79. The molecule has 3 heteroatoms. The molecule has 23 heavy (non-hydrogen) atoms. The maximum absolute atomic E-state index is 10.2. The van der Waals surface area contributed by atoms with Gasteiger partial charge in [-0.15, -0.1) is 0 Å². The highest BCUT2D eigenvalue weighted by Crippen LogP contribution is 2.31. The number of rotatable bonds is 4. The first-order chi connectivity index (χ1) is 11.1. The lowest BCUT2D eigenvalue weighted by atomic mass is 9.98. The summed E-state index contributed by atoms with van der Waals surface area (Å²) in [4.78, 5) is 2.43. The van der Waals surface area contributed by atoms with Crippen LogP contribution in [0.25, 0.3) is 0 Å². The van der Waals surface area contributed by atoms with E-state index in [1.165, 1.54) is 11.1 Å². The molecule has 2 aromatic rings. The van der Waals surface area contributed by atoms with Crippen LogP contribution in [0.2, 0.25) is 0 Å². The molecule has 1 aliphatic rings. The fourth-order valence-corrected chi connectivity index (χ4v) is 3.35. The van der Waals surface area contributed by atoms with Crippen LogP contribution in [0.5, 0.6) is 11.5 Å². The SMILES string of the molecule is COc1ccc(C2CCN(Cc3cc(C)c(C)cc3O)C2)cc1. The summed E-state index contributed by atoms with van der Waals surface area (Å²) in [6, 6.07) is 12.4. The lowest BCUT2D eigenvalue weighted by molar-refractivity contribution is 0.320. The molecule has 3 nitrogen and oxygen atoms in total. The third-order valence-corrected chi connectivity index (χ3v) is 4.95. The van der Waals surface area contributed by atoms with Gasteiger partial charge < -0.3 is 9.84 Å². The second-order valence-corrected chi connectivity index (χ2v) is 6.56. The van der Waals surface area contributed by atoms with E-state index >= 15 is 0 Å². The Morgan fingerprint density at radius 3 is 2.52 bits per heavy atom. The highest BCUT2D eigenvalue weighted by atomic mass is 16.5. The van der Waals surface area contributed by atoms with Gasteiger partial charge in [0.05, 0.1) is 7.11 Å². The summed E-state index contributed by atoms with van der Waals surface area (Å²) < 4.78 is 5.23. The van der Waals surface area contributed by atoms with E-state index in [0.29, 0.717) is 11.7 Å². The zero-order chi connectivity index (χ0) is 16.4. The Bertz CT molecular complexity index is 679. The molecule has 2 aromatic carbocycles. The summed E-state index contributed by atoms with van der Waals surface area (Å²) in [5.74, 6) is 1.89. The number of ether oxygens (including phenoxy) is 1. The van der Waals surface area contributed by atoms with Gasteiger partial charge in [0.2, 0.25) is 0 Å². The number of hydrogen-bond donors (Lipinski definition) is 1. The highest BCUT2D eigenvalue weighted by Gasteiger charge is 2.24. The predicted octanol–water partition coefficient (Wildman–Crippen LogP) is 4.01. The van der Waals surface area contributed by atoms with Crippen LogP contribution in [0.4, 0.5) is 0 Å². The quantitative estimate of drug-likeness (QED) is 0.926. The van der Waals surface area contributed by atoms with Crippen LogP contribution in [0.1, 0.15) is 34.6 Å². The van der Waals surface area contributed by atoms with Crippen molar-refractivity contribution in [2.45, 2.75) is 32.7 Å². The third kappa shape index (κ3) is 3.50. The molecule has 1 heterocycles. The number of phenols is 1. The highest BCUT2D eigenvalue weighted by molar-refractivity contribution is 5.41. The molecule has 1 aliphatic heterocycles. The Morgan fingerprint density at radius 2 is 1.83 bits per heavy atom. The Kier molecular flexibility index (Phi) is 4.58. The Labute approximate surface area is 138 Å². The average molecular weight is 311 g/mol. The zero-order valence-corrected chi connectivity index (χ0v) is 14.2. The monoisotopic (exact) mass is 311 g/mol. The number of benzene rings is 2. The van der Waals surface area contributed by atoms with Crippen molar-refractivity contribution < 1.29 is 9.84 Å². The van der Waals surface area contributed by atoms with Gasteiger partial charge in [0.15, 0.2) is 0 Å². The number of hydrogen-bond acceptors (Lipinski definition) is 3. The minimum Gasteiger partial charge on any atom is -0.508 e. The van der Waals surface area contributed by atoms with Crippen molar-refractivity contribution >= 4 is 0 Å². The first-order valence-corrected chi connectivity index (χ1v) is 8.22. The molecule has 1 N–H and O–H groups in total. The molecule has 0 saturated carbocycles. The van der Waals surface area contributed by atoms with Crippen LogP contribution in [-0.4, -0.2) is 30.2 Å². The van der Waals surface area contributed by atoms with Crippen LogP contribution in [0.3, 0.4) is 0 Å². The topological polar surface area (TPSA) is 32.7 Å². The van der Waals surface area contributed by atoms with Gasteiger partial charge in [-0.3, -0.25) is 4.90 Å². The van der Waals surface area contributed by atoms with Crippen LogP contribution < -0.4 is 4.74 Å². The molecule has 1 saturated heterocycles. The number of aromatic hydroxyl groups is 1. The first kappa shape index (κ1) is 15.9. The molecule has 0 aliphatic carbocycles. The van der Waals surface area contributed by atoms with Gasteiger partial charge in [0.25, 0.3) is 0 Å². The number of aryl methyl sites for hydroxylation is 2. The largest absolute Gasteiger partial charge is 0.508 e. The van der Waals surface area contributed by atoms with Crippen molar-refractivity contribution in [1.82, 2.24) is 4.90 Å². The van der Waals surface area contributed by atoms with Crippen LogP contribution in [0.15, 0.2) is 36.4 Å². The summed E-state index contributed by atoms with van der Waals surface area (Å²) in [6.45, 7) is 7.07. The fraction of sp³-hybridized carbons (Fsp3) is 0.400. The van der Waals surface area contributed by atoms with Crippen LogP contribution in [0, 0.1) is 13.8 Å². The summed E-state index contributed by atoms with van der Waals surface area (Å²) in [5, 5.41) is 10.2. The summed E-state index contributed by atoms with van der Waals surface area (Å²) >= 11 is 0. The van der Waals surface area contributed by atoms with Gasteiger partial charge >= 0.3 is 0 Å². The van der Waals surface area contributed by atoms with E-state index < -0.39 is 0 Å². The molecule has 0 amide bonds. The van der Waals surface area contributed by atoms with Gasteiger partial charge in [-0.05, 0) is 67.6 Å². The van der Waals surface area contributed by atoms with Gasteiger partial charge in [-0.25, -0.2) is 0 Å². The van der Waals surface area contributed by atoms with E-state index in [1.807, 2.05) is 25.1 Å². The molecule has 0 spiro atoms. The van der Waals surface area contributed by atoms with E-state index in [9.17, 15) is 5.11 Å². The second-order valence-electron chi connectivity index (χ2n) is 6.56. The second kappa shape index (κ2) is 6.63. The third-order valence-electron chi connectivity index (χ3n) is 4.95. The molecule has 1 fully saturated rings. The number of methoxy groups -OCH3 is 1.